The Hall–Kier alpha value is -5.35. The number of hydrogen-bond acceptors (Lipinski definition) is 3. The second-order valence-electron chi connectivity index (χ2n) is 11.4. The van der Waals surface area contributed by atoms with E-state index < -0.39 is 0 Å². The van der Waals surface area contributed by atoms with Crippen LogP contribution in [0.15, 0.2) is 174 Å². The second kappa shape index (κ2) is 17.0. The van der Waals surface area contributed by atoms with E-state index in [1.807, 2.05) is 92.7 Å². The van der Waals surface area contributed by atoms with Crippen LogP contribution < -0.4 is 0 Å². The standard InChI is InChI=1S/C24H16N2.C19H21N2.Cu/c1-3-7-17(8-4-1)21-15-13-19-11-12-20-14-16-22(18-9-5-2-6-10-18)26-24(20)23(19)25-21;1-16(20-14-18-9-5-3-6-10-18)13-17(2)21-15-19-11-7-4-8-12-19;/h1-16H;3-13H,14-15H2,1-2H3;/q;-1;+1/b;16-13-,21-17?;. The van der Waals surface area contributed by atoms with Gasteiger partial charge < -0.3 is 5.32 Å². The molecule has 2 heterocycles. The number of rotatable bonds is 8. The van der Waals surface area contributed by atoms with Gasteiger partial charge in [0.15, 0.2) is 0 Å². The smallest absolute Gasteiger partial charge is 0.684 e. The molecule has 0 aliphatic rings. The first-order chi connectivity index (χ1) is 23.1. The van der Waals surface area contributed by atoms with Crippen LogP contribution in [-0.4, -0.2) is 15.7 Å². The summed E-state index contributed by atoms with van der Waals surface area (Å²) in [5, 5.41) is 6.78. The van der Waals surface area contributed by atoms with Gasteiger partial charge in [-0.15, -0.1) is 6.54 Å². The van der Waals surface area contributed by atoms with Crippen molar-refractivity contribution in [1.29, 1.82) is 0 Å². The molecule has 4 nitrogen and oxygen atoms in total. The van der Waals surface area contributed by atoms with Gasteiger partial charge in [-0.25, -0.2) is 9.97 Å². The monoisotopic (exact) mass is 672 g/mol. The summed E-state index contributed by atoms with van der Waals surface area (Å²) >= 11 is 0. The van der Waals surface area contributed by atoms with Crippen molar-refractivity contribution in [3.05, 3.63) is 186 Å². The molecule has 5 aromatic carbocycles. The minimum absolute atomic E-state index is 0. The largest absolute Gasteiger partial charge is 1.00 e. The van der Waals surface area contributed by atoms with Crippen LogP contribution in [0, 0.1) is 0 Å². The maximum atomic E-state index is 4.95. The molecule has 0 N–H and O–H groups in total. The Kier molecular flexibility index (Phi) is 12.0. The third-order valence-corrected chi connectivity index (χ3v) is 7.78. The SMILES string of the molecule is CC(/C=C(/C)[N-]Cc1ccccc1)=NCc1ccccc1.[Cu+].c1ccc(-c2ccc3ccc4ccc(-c5ccccc5)nc4c3n2)cc1. The van der Waals surface area contributed by atoms with E-state index in [0.29, 0.717) is 0 Å². The van der Waals surface area contributed by atoms with Crippen LogP contribution in [0.5, 0.6) is 0 Å². The summed E-state index contributed by atoms with van der Waals surface area (Å²) in [6, 6.07) is 53.7. The zero-order valence-corrected chi connectivity index (χ0v) is 28.0. The summed E-state index contributed by atoms with van der Waals surface area (Å²) in [5.74, 6) is 0. The van der Waals surface area contributed by atoms with E-state index in [-0.39, 0.29) is 17.1 Å². The predicted octanol–water partition coefficient (Wildman–Crippen LogP) is 11.2. The molecule has 0 aliphatic carbocycles. The quantitative estimate of drug-likeness (QED) is 0.0916. The molecule has 2 aromatic heterocycles. The maximum Gasteiger partial charge on any atom is 1.00 e. The summed E-state index contributed by atoms with van der Waals surface area (Å²) in [5.41, 5.74) is 10.5. The van der Waals surface area contributed by atoms with Gasteiger partial charge in [-0.05, 0) is 24.6 Å². The van der Waals surface area contributed by atoms with Gasteiger partial charge in [0.05, 0.1) is 29.0 Å². The number of benzene rings is 5. The van der Waals surface area contributed by atoms with Crippen LogP contribution in [-0.2, 0) is 30.2 Å². The second-order valence-corrected chi connectivity index (χ2v) is 11.4. The first-order valence-electron chi connectivity index (χ1n) is 15.9. The summed E-state index contributed by atoms with van der Waals surface area (Å²) in [6.07, 6.45) is 2.03. The van der Waals surface area contributed by atoms with Crippen LogP contribution in [0.1, 0.15) is 25.0 Å². The van der Waals surface area contributed by atoms with Crippen molar-refractivity contribution in [2.24, 2.45) is 4.99 Å². The van der Waals surface area contributed by atoms with Gasteiger partial charge in [-0.2, -0.15) is 5.70 Å². The number of pyridine rings is 2. The molecule has 0 saturated heterocycles. The van der Waals surface area contributed by atoms with Gasteiger partial charge in [0.25, 0.3) is 0 Å². The molecule has 0 atom stereocenters. The minimum atomic E-state index is 0. The number of hydrogen-bond donors (Lipinski definition) is 0. The average molecular weight is 673 g/mol. The van der Waals surface area contributed by atoms with Crippen LogP contribution in [0.4, 0.5) is 0 Å². The molecule has 7 aromatic rings. The summed E-state index contributed by atoms with van der Waals surface area (Å²) in [6.45, 7) is 5.47. The molecule has 0 unspecified atom stereocenters. The van der Waals surface area contributed by atoms with Gasteiger partial charge in [0.2, 0.25) is 0 Å². The Morgan fingerprint density at radius 2 is 0.958 bits per heavy atom. The number of fused-ring (bicyclic) bond motifs is 3. The number of allylic oxidation sites excluding steroid dienone is 2. The molecule has 240 valence electrons. The normalized spacial score (nSPS) is 11.4. The Balaban J connectivity index is 0.000000189. The first kappa shape index (κ1) is 34.0. The van der Waals surface area contributed by atoms with E-state index in [4.69, 9.17) is 9.97 Å². The van der Waals surface area contributed by atoms with Crippen LogP contribution >= 0.6 is 0 Å². The van der Waals surface area contributed by atoms with Crippen LogP contribution in [0.3, 0.4) is 0 Å². The molecule has 0 spiro atoms. The van der Waals surface area contributed by atoms with E-state index in [1.165, 1.54) is 11.1 Å². The van der Waals surface area contributed by atoms with Crippen molar-refractivity contribution in [2.75, 3.05) is 0 Å². The molecule has 0 amide bonds. The number of aromatic nitrogens is 2. The topological polar surface area (TPSA) is 52.2 Å². The Labute approximate surface area is 293 Å². The third kappa shape index (κ3) is 9.13. The van der Waals surface area contributed by atoms with Crippen molar-refractivity contribution in [3.63, 3.8) is 0 Å². The van der Waals surface area contributed by atoms with Crippen molar-refractivity contribution in [2.45, 2.75) is 26.9 Å². The van der Waals surface area contributed by atoms with E-state index in [1.54, 1.807) is 0 Å². The zero-order chi connectivity index (χ0) is 32.3. The molecule has 5 heteroatoms. The summed E-state index contributed by atoms with van der Waals surface area (Å²) in [7, 11) is 0. The predicted molar refractivity (Wildman–Crippen MR) is 198 cm³/mol. The van der Waals surface area contributed by atoms with E-state index >= 15 is 0 Å². The fourth-order valence-electron chi connectivity index (χ4n) is 5.30. The molecule has 0 radical (unpaired) electrons. The maximum absolute atomic E-state index is 4.95. The van der Waals surface area contributed by atoms with Crippen molar-refractivity contribution in [1.82, 2.24) is 9.97 Å². The molecule has 7 rings (SSSR count). The Morgan fingerprint density at radius 3 is 1.44 bits per heavy atom. The molecule has 0 fully saturated rings. The number of aliphatic imine (C=N–C) groups is 1. The molecular formula is C43H37CuN4. The Morgan fingerprint density at radius 1 is 0.542 bits per heavy atom. The zero-order valence-electron chi connectivity index (χ0n) is 27.1. The van der Waals surface area contributed by atoms with Crippen LogP contribution in [0.2, 0.25) is 0 Å². The summed E-state index contributed by atoms with van der Waals surface area (Å²) in [4.78, 5) is 14.5. The minimum Gasteiger partial charge on any atom is -0.684 e. The Bertz CT molecular complexity index is 2010. The van der Waals surface area contributed by atoms with Gasteiger partial charge in [0, 0.05) is 27.6 Å². The molecular weight excluding hydrogens is 636 g/mol. The first-order valence-corrected chi connectivity index (χ1v) is 15.9. The van der Waals surface area contributed by atoms with Gasteiger partial charge in [-0.3, -0.25) is 4.99 Å². The van der Waals surface area contributed by atoms with E-state index in [2.05, 4.69) is 95.2 Å². The number of nitrogens with zero attached hydrogens (tertiary/aromatic N) is 4. The van der Waals surface area contributed by atoms with Gasteiger partial charge in [0.1, 0.15) is 0 Å². The summed E-state index contributed by atoms with van der Waals surface area (Å²) < 4.78 is 0. The molecule has 0 saturated carbocycles. The third-order valence-electron chi connectivity index (χ3n) is 7.78. The molecule has 0 aliphatic heterocycles. The van der Waals surface area contributed by atoms with Crippen LogP contribution in [0.25, 0.3) is 49.6 Å². The van der Waals surface area contributed by atoms with Gasteiger partial charge in [-0.1, -0.05) is 164 Å². The fraction of sp³-hybridized carbons (Fsp3) is 0.0930. The van der Waals surface area contributed by atoms with Crippen molar-refractivity contribution in [3.8, 4) is 22.5 Å². The van der Waals surface area contributed by atoms with E-state index in [9.17, 15) is 0 Å². The fourth-order valence-corrected chi connectivity index (χ4v) is 5.30. The molecule has 0 bridgehead atoms. The van der Waals surface area contributed by atoms with Gasteiger partial charge >= 0.3 is 17.1 Å². The van der Waals surface area contributed by atoms with E-state index in [0.717, 1.165) is 68.8 Å². The van der Waals surface area contributed by atoms with Crippen molar-refractivity contribution >= 4 is 27.5 Å². The van der Waals surface area contributed by atoms with Crippen molar-refractivity contribution < 1.29 is 17.1 Å². The molecule has 48 heavy (non-hydrogen) atoms. The average Bonchev–Trinajstić information content (AvgIpc) is 3.14.